The van der Waals surface area contributed by atoms with Crippen LogP contribution in [0.1, 0.15) is 5.56 Å². The van der Waals surface area contributed by atoms with Gasteiger partial charge in [0, 0.05) is 16.3 Å². The standard InChI is InChI=1S/C24H15Cl2NO3/c1-13-6-2-4-8-18(13)27-23-20(15-11-10-14(25)12-17(15)26)21-22(30-23)16-7-3-5-9-19(16)29-24(21)28/h2-12,27H,1H3. The average molecular weight is 436 g/mol. The molecule has 30 heavy (non-hydrogen) atoms. The second-order valence-electron chi connectivity index (χ2n) is 6.96. The largest absolute Gasteiger partial charge is 0.439 e. The molecule has 4 nitrogen and oxygen atoms in total. The lowest BCUT2D eigenvalue weighted by molar-refractivity contribution is 0.566. The molecule has 0 atom stereocenters. The van der Waals surface area contributed by atoms with Crippen molar-refractivity contribution in [3.63, 3.8) is 0 Å². The summed E-state index contributed by atoms with van der Waals surface area (Å²) >= 11 is 12.6. The molecule has 2 aromatic heterocycles. The summed E-state index contributed by atoms with van der Waals surface area (Å²) in [6, 6.07) is 20.2. The van der Waals surface area contributed by atoms with Gasteiger partial charge in [0.1, 0.15) is 11.0 Å². The molecule has 0 bridgehead atoms. The third kappa shape index (κ3) is 3.05. The monoisotopic (exact) mass is 435 g/mol. The molecule has 0 aliphatic rings. The molecule has 0 aliphatic heterocycles. The Morgan fingerprint density at radius 3 is 2.47 bits per heavy atom. The lowest BCUT2D eigenvalue weighted by Crippen LogP contribution is -2.00. The molecule has 0 aliphatic carbocycles. The topological polar surface area (TPSA) is 55.4 Å². The summed E-state index contributed by atoms with van der Waals surface area (Å²) in [7, 11) is 0. The Labute approximate surface area is 181 Å². The number of benzene rings is 3. The van der Waals surface area contributed by atoms with E-state index in [4.69, 9.17) is 32.0 Å². The van der Waals surface area contributed by atoms with Crippen LogP contribution in [0.5, 0.6) is 0 Å². The lowest BCUT2D eigenvalue weighted by Gasteiger charge is -2.10. The predicted octanol–water partition coefficient (Wildman–Crippen LogP) is 7.57. The predicted molar refractivity (Wildman–Crippen MR) is 122 cm³/mol. The summed E-state index contributed by atoms with van der Waals surface area (Å²) in [6.45, 7) is 1.99. The molecule has 0 amide bonds. The Kier molecular flexibility index (Phi) is 4.54. The fraction of sp³-hybridized carbons (Fsp3) is 0.0417. The Balaban J connectivity index is 1.88. The van der Waals surface area contributed by atoms with Crippen molar-refractivity contribution in [3.8, 4) is 11.1 Å². The summed E-state index contributed by atoms with van der Waals surface area (Å²) in [5.74, 6) is 0.409. The van der Waals surface area contributed by atoms with Crippen LogP contribution in [0, 0.1) is 6.92 Å². The highest BCUT2D eigenvalue weighted by atomic mass is 35.5. The van der Waals surface area contributed by atoms with Gasteiger partial charge in [0.2, 0.25) is 5.88 Å². The highest BCUT2D eigenvalue weighted by Gasteiger charge is 2.24. The molecule has 1 N–H and O–H groups in total. The van der Waals surface area contributed by atoms with E-state index < -0.39 is 5.63 Å². The fourth-order valence-corrected chi connectivity index (χ4v) is 4.09. The smallest absolute Gasteiger partial charge is 0.348 e. The van der Waals surface area contributed by atoms with Crippen LogP contribution in [0.3, 0.4) is 0 Å². The van der Waals surface area contributed by atoms with Gasteiger partial charge in [-0.25, -0.2) is 4.79 Å². The molecular formula is C24H15Cl2NO3. The third-order valence-electron chi connectivity index (χ3n) is 5.04. The first-order valence-corrected chi connectivity index (χ1v) is 10.0. The SMILES string of the molecule is Cc1ccccc1Nc1oc2c(c1-c1ccc(Cl)cc1Cl)c(=O)oc1ccccc12. The number of hydrogen-bond acceptors (Lipinski definition) is 4. The van der Waals surface area contributed by atoms with E-state index in [1.54, 1.807) is 24.3 Å². The molecule has 2 heterocycles. The number of halogens is 2. The Morgan fingerprint density at radius 1 is 0.900 bits per heavy atom. The Hall–Kier alpha value is -3.21. The molecule has 0 radical (unpaired) electrons. The van der Waals surface area contributed by atoms with E-state index in [0.29, 0.717) is 49.0 Å². The quantitative estimate of drug-likeness (QED) is 0.297. The maximum atomic E-state index is 13.0. The summed E-state index contributed by atoms with van der Waals surface area (Å²) in [4.78, 5) is 13.0. The highest BCUT2D eigenvalue weighted by Crippen LogP contribution is 2.44. The number of fused-ring (bicyclic) bond motifs is 3. The average Bonchev–Trinajstić information content (AvgIpc) is 3.10. The third-order valence-corrected chi connectivity index (χ3v) is 5.59. The van der Waals surface area contributed by atoms with Gasteiger partial charge >= 0.3 is 5.63 Å². The van der Waals surface area contributed by atoms with Crippen molar-refractivity contribution < 1.29 is 8.83 Å². The van der Waals surface area contributed by atoms with Crippen LogP contribution in [0.2, 0.25) is 10.0 Å². The minimum Gasteiger partial charge on any atom is -0.439 e. The van der Waals surface area contributed by atoms with Gasteiger partial charge in [-0.15, -0.1) is 0 Å². The van der Waals surface area contributed by atoms with Crippen LogP contribution in [0.15, 0.2) is 80.4 Å². The van der Waals surface area contributed by atoms with Crippen molar-refractivity contribution in [3.05, 3.63) is 92.8 Å². The molecule has 0 saturated carbocycles. The van der Waals surface area contributed by atoms with Crippen LogP contribution in [0.4, 0.5) is 11.6 Å². The van der Waals surface area contributed by atoms with Gasteiger partial charge in [0.25, 0.3) is 0 Å². The van der Waals surface area contributed by atoms with E-state index >= 15 is 0 Å². The Bertz CT molecular complexity index is 1480. The zero-order chi connectivity index (χ0) is 20.8. The molecule has 0 saturated heterocycles. The molecular weight excluding hydrogens is 421 g/mol. The molecule has 5 rings (SSSR count). The van der Waals surface area contributed by atoms with Crippen LogP contribution >= 0.6 is 23.2 Å². The zero-order valence-electron chi connectivity index (χ0n) is 15.8. The molecule has 6 heteroatoms. The van der Waals surface area contributed by atoms with E-state index in [1.807, 2.05) is 49.4 Å². The van der Waals surface area contributed by atoms with Gasteiger partial charge in [-0.05, 0) is 42.8 Å². The van der Waals surface area contributed by atoms with Gasteiger partial charge < -0.3 is 14.2 Å². The summed E-state index contributed by atoms with van der Waals surface area (Å²) in [5.41, 5.74) is 3.46. The summed E-state index contributed by atoms with van der Waals surface area (Å²) in [6.07, 6.45) is 0. The number of rotatable bonds is 3. The molecule has 0 fully saturated rings. The molecule has 5 aromatic rings. The number of nitrogens with one attached hydrogen (secondary N) is 1. The van der Waals surface area contributed by atoms with Gasteiger partial charge in [-0.3, -0.25) is 0 Å². The van der Waals surface area contributed by atoms with Crippen molar-refractivity contribution in [2.75, 3.05) is 5.32 Å². The van der Waals surface area contributed by atoms with Crippen LogP contribution in [-0.4, -0.2) is 0 Å². The fourth-order valence-electron chi connectivity index (χ4n) is 3.58. The van der Waals surface area contributed by atoms with E-state index in [9.17, 15) is 4.79 Å². The maximum Gasteiger partial charge on any atom is 0.348 e. The summed E-state index contributed by atoms with van der Waals surface area (Å²) < 4.78 is 11.8. The molecule has 0 unspecified atom stereocenters. The van der Waals surface area contributed by atoms with Crippen molar-refractivity contribution in [2.24, 2.45) is 0 Å². The number of anilines is 2. The van der Waals surface area contributed by atoms with Gasteiger partial charge in [-0.2, -0.15) is 0 Å². The van der Waals surface area contributed by atoms with Gasteiger partial charge in [-0.1, -0.05) is 59.6 Å². The van der Waals surface area contributed by atoms with Crippen molar-refractivity contribution in [1.82, 2.24) is 0 Å². The highest BCUT2D eigenvalue weighted by molar-refractivity contribution is 6.37. The first-order chi connectivity index (χ1) is 14.5. The Morgan fingerprint density at radius 2 is 1.67 bits per heavy atom. The molecule has 3 aromatic carbocycles. The van der Waals surface area contributed by atoms with Crippen LogP contribution < -0.4 is 10.9 Å². The number of hydrogen-bond donors (Lipinski definition) is 1. The van der Waals surface area contributed by atoms with Crippen molar-refractivity contribution >= 4 is 56.7 Å². The first kappa shape index (κ1) is 18.8. The maximum absolute atomic E-state index is 13.0. The van der Waals surface area contributed by atoms with E-state index in [-0.39, 0.29) is 0 Å². The first-order valence-electron chi connectivity index (χ1n) is 9.29. The minimum atomic E-state index is -0.494. The van der Waals surface area contributed by atoms with Crippen LogP contribution in [0.25, 0.3) is 33.1 Å². The van der Waals surface area contributed by atoms with E-state index in [2.05, 4.69) is 5.32 Å². The number of furan rings is 1. The second kappa shape index (κ2) is 7.24. The minimum absolute atomic E-state index is 0.328. The zero-order valence-corrected chi connectivity index (χ0v) is 17.3. The van der Waals surface area contributed by atoms with Crippen molar-refractivity contribution in [1.29, 1.82) is 0 Å². The van der Waals surface area contributed by atoms with E-state index in [0.717, 1.165) is 11.3 Å². The number of para-hydroxylation sites is 2. The molecule has 148 valence electrons. The van der Waals surface area contributed by atoms with Crippen LogP contribution in [-0.2, 0) is 0 Å². The molecule has 0 spiro atoms. The summed E-state index contributed by atoms with van der Waals surface area (Å²) in [5, 5.41) is 5.27. The number of aryl methyl sites for hydroxylation is 1. The van der Waals surface area contributed by atoms with E-state index in [1.165, 1.54) is 0 Å². The van der Waals surface area contributed by atoms with Gasteiger partial charge in [0.15, 0.2) is 5.58 Å². The second-order valence-corrected chi connectivity index (χ2v) is 7.80. The van der Waals surface area contributed by atoms with Crippen molar-refractivity contribution in [2.45, 2.75) is 6.92 Å². The lowest BCUT2D eigenvalue weighted by atomic mass is 10.0. The normalized spacial score (nSPS) is 11.3. The van der Waals surface area contributed by atoms with Gasteiger partial charge in [0.05, 0.1) is 16.0 Å².